The van der Waals surface area contributed by atoms with E-state index in [1.807, 2.05) is 5.32 Å². The number of pyridine rings is 1. The number of aryl methyl sites for hydroxylation is 1. The van der Waals surface area contributed by atoms with Gasteiger partial charge in [0.1, 0.15) is 12.6 Å². The quantitative estimate of drug-likeness (QED) is 0.894. The molecule has 2 amide bonds. The molecule has 5 nitrogen and oxygen atoms in total. The van der Waals surface area contributed by atoms with Crippen LogP contribution in [-0.2, 0) is 16.0 Å². The lowest BCUT2D eigenvalue weighted by Crippen LogP contribution is -2.48. The SMILES string of the molecule is O=C(NCC(F)(F)F)[C@@H]1CCCN1C(=O)CCc1ccncc1. The van der Waals surface area contributed by atoms with Crippen molar-refractivity contribution in [2.24, 2.45) is 0 Å². The van der Waals surface area contributed by atoms with Gasteiger partial charge in [0.2, 0.25) is 11.8 Å². The van der Waals surface area contributed by atoms with Gasteiger partial charge in [-0.2, -0.15) is 13.2 Å². The molecule has 8 heteroatoms. The van der Waals surface area contributed by atoms with E-state index in [-0.39, 0.29) is 12.3 Å². The normalized spacial score (nSPS) is 18.0. The van der Waals surface area contributed by atoms with Gasteiger partial charge in [-0.1, -0.05) is 0 Å². The molecule has 0 radical (unpaired) electrons. The number of alkyl halides is 3. The average Bonchev–Trinajstić information content (AvgIpc) is 3.00. The van der Waals surface area contributed by atoms with Gasteiger partial charge in [-0.3, -0.25) is 14.6 Å². The molecule has 0 bridgehead atoms. The van der Waals surface area contributed by atoms with Gasteiger partial charge in [-0.05, 0) is 37.0 Å². The van der Waals surface area contributed by atoms with Crippen molar-refractivity contribution in [2.45, 2.75) is 37.9 Å². The second-order valence-electron chi connectivity index (χ2n) is 5.43. The maximum Gasteiger partial charge on any atom is 0.405 e. The molecule has 0 unspecified atom stereocenters. The van der Waals surface area contributed by atoms with Crippen LogP contribution < -0.4 is 5.32 Å². The molecule has 1 aliphatic rings. The van der Waals surface area contributed by atoms with Gasteiger partial charge in [0, 0.05) is 25.4 Å². The van der Waals surface area contributed by atoms with E-state index in [1.54, 1.807) is 24.5 Å². The zero-order valence-electron chi connectivity index (χ0n) is 12.5. The third-order valence-electron chi connectivity index (χ3n) is 3.72. The molecule has 0 aromatic carbocycles. The Hall–Kier alpha value is -2.12. The van der Waals surface area contributed by atoms with Crippen molar-refractivity contribution < 1.29 is 22.8 Å². The number of carbonyl (C=O) groups excluding carboxylic acids is 2. The van der Waals surface area contributed by atoms with Crippen LogP contribution in [0, 0.1) is 0 Å². The third kappa shape index (κ3) is 5.22. The van der Waals surface area contributed by atoms with Gasteiger partial charge < -0.3 is 10.2 Å². The molecule has 1 atom stereocenters. The van der Waals surface area contributed by atoms with E-state index < -0.39 is 24.7 Å². The van der Waals surface area contributed by atoms with Crippen LogP contribution >= 0.6 is 0 Å². The molecule has 0 aliphatic carbocycles. The van der Waals surface area contributed by atoms with Gasteiger partial charge in [0.05, 0.1) is 0 Å². The number of halogens is 3. The zero-order valence-corrected chi connectivity index (χ0v) is 12.5. The molecule has 126 valence electrons. The summed E-state index contributed by atoms with van der Waals surface area (Å²) in [4.78, 5) is 29.4. The second-order valence-corrected chi connectivity index (χ2v) is 5.43. The van der Waals surface area contributed by atoms with Crippen molar-refractivity contribution in [3.8, 4) is 0 Å². The Labute approximate surface area is 131 Å². The lowest BCUT2D eigenvalue weighted by molar-refractivity contribution is -0.144. The molecule has 1 aromatic rings. The summed E-state index contributed by atoms with van der Waals surface area (Å²) < 4.78 is 36.5. The standard InChI is InChI=1S/C15H18F3N3O2/c16-15(17,18)10-20-14(23)12-2-1-9-21(12)13(22)4-3-11-5-7-19-8-6-11/h5-8,12H,1-4,9-10H2,(H,20,23)/t12-/m0/s1. The van der Waals surface area contributed by atoms with Crippen LogP contribution in [0.4, 0.5) is 13.2 Å². The molecule has 1 saturated heterocycles. The molecule has 1 fully saturated rings. The van der Waals surface area contributed by atoms with Crippen molar-refractivity contribution >= 4 is 11.8 Å². The summed E-state index contributed by atoms with van der Waals surface area (Å²) in [6, 6.07) is 2.79. The van der Waals surface area contributed by atoms with Crippen molar-refractivity contribution in [3.05, 3.63) is 30.1 Å². The number of hydrogen-bond donors (Lipinski definition) is 1. The highest BCUT2D eigenvalue weighted by molar-refractivity contribution is 5.88. The molecule has 0 spiro atoms. The Kier molecular flexibility index (Phi) is 5.57. The first kappa shape index (κ1) is 17.2. The summed E-state index contributed by atoms with van der Waals surface area (Å²) in [5, 5.41) is 1.86. The minimum Gasteiger partial charge on any atom is -0.345 e. The highest BCUT2D eigenvalue weighted by Crippen LogP contribution is 2.20. The Bertz CT molecular complexity index is 549. The number of aromatic nitrogens is 1. The molecule has 23 heavy (non-hydrogen) atoms. The summed E-state index contributed by atoms with van der Waals surface area (Å²) in [5.74, 6) is -0.955. The van der Waals surface area contributed by atoms with Gasteiger partial charge in [0.25, 0.3) is 0 Å². The molecule has 1 N–H and O–H groups in total. The van der Waals surface area contributed by atoms with E-state index in [4.69, 9.17) is 0 Å². The minimum atomic E-state index is -4.45. The Morgan fingerprint density at radius 3 is 2.65 bits per heavy atom. The molecular formula is C15H18F3N3O2. The molecule has 1 aliphatic heterocycles. The van der Waals surface area contributed by atoms with Crippen molar-refractivity contribution in [1.29, 1.82) is 0 Å². The lowest BCUT2D eigenvalue weighted by atomic mass is 10.1. The Balaban J connectivity index is 1.87. The number of hydrogen-bond acceptors (Lipinski definition) is 3. The van der Waals surface area contributed by atoms with Crippen LogP contribution in [0.15, 0.2) is 24.5 Å². The van der Waals surface area contributed by atoms with Crippen LogP contribution in [0.25, 0.3) is 0 Å². The van der Waals surface area contributed by atoms with E-state index in [2.05, 4.69) is 4.98 Å². The molecular weight excluding hydrogens is 311 g/mol. The fraction of sp³-hybridized carbons (Fsp3) is 0.533. The number of carbonyl (C=O) groups is 2. The van der Waals surface area contributed by atoms with Crippen LogP contribution in [-0.4, -0.2) is 47.0 Å². The van der Waals surface area contributed by atoms with E-state index in [0.717, 1.165) is 5.56 Å². The van der Waals surface area contributed by atoms with E-state index in [9.17, 15) is 22.8 Å². The largest absolute Gasteiger partial charge is 0.405 e. The zero-order chi connectivity index (χ0) is 16.9. The number of amides is 2. The van der Waals surface area contributed by atoms with Crippen molar-refractivity contribution in [2.75, 3.05) is 13.1 Å². The van der Waals surface area contributed by atoms with Crippen LogP contribution in [0.1, 0.15) is 24.8 Å². The second kappa shape index (κ2) is 7.43. The number of likely N-dealkylation sites (tertiary alicyclic amines) is 1. The number of rotatable bonds is 5. The molecule has 2 heterocycles. The lowest BCUT2D eigenvalue weighted by Gasteiger charge is -2.24. The number of nitrogens with one attached hydrogen (secondary N) is 1. The fourth-order valence-corrected chi connectivity index (χ4v) is 2.59. The van der Waals surface area contributed by atoms with Crippen LogP contribution in [0.5, 0.6) is 0 Å². The van der Waals surface area contributed by atoms with Crippen LogP contribution in [0.3, 0.4) is 0 Å². The highest BCUT2D eigenvalue weighted by atomic mass is 19.4. The highest BCUT2D eigenvalue weighted by Gasteiger charge is 2.35. The Morgan fingerprint density at radius 1 is 1.30 bits per heavy atom. The smallest absolute Gasteiger partial charge is 0.345 e. The first-order chi connectivity index (χ1) is 10.9. The van der Waals surface area contributed by atoms with E-state index in [0.29, 0.717) is 25.8 Å². The first-order valence-electron chi connectivity index (χ1n) is 7.39. The topological polar surface area (TPSA) is 62.3 Å². The molecule has 0 saturated carbocycles. The predicted molar refractivity (Wildman–Crippen MR) is 76.4 cm³/mol. The minimum absolute atomic E-state index is 0.215. The average molecular weight is 329 g/mol. The number of nitrogens with zero attached hydrogens (tertiary/aromatic N) is 2. The predicted octanol–water partition coefficient (Wildman–Crippen LogP) is 1.68. The summed E-state index contributed by atoms with van der Waals surface area (Å²) >= 11 is 0. The summed E-state index contributed by atoms with van der Waals surface area (Å²) in [6.07, 6.45) is 0.536. The maximum atomic E-state index is 12.2. The van der Waals surface area contributed by atoms with Gasteiger partial charge in [0.15, 0.2) is 0 Å². The molecule has 1 aromatic heterocycles. The Morgan fingerprint density at radius 2 is 2.00 bits per heavy atom. The van der Waals surface area contributed by atoms with Gasteiger partial charge in [-0.15, -0.1) is 0 Å². The monoisotopic (exact) mass is 329 g/mol. The van der Waals surface area contributed by atoms with Crippen molar-refractivity contribution in [1.82, 2.24) is 15.2 Å². The van der Waals surface area contributed by atoms with E-state index >= 15 is 0 Å². The van der Waals surface area contributed by atoms with Gasteiger partial charge >= 0.3 is 6.18 Å². The summed E-state index contributed by atoms with van der Waals surface area (Å²) in [7, 11) is 0. The summed E-state index contributed by atoms with van der Waals surface area (Å²) in [5.41, 5.74) is 0.950. The first-order valence-corrected chi connectivity index (χ1v) is 7.39. The molecule has 2 rings (SSSR count). The summed E-state index contributed by atoms with van der Waals surface area (Å²) in [6.45, 7) is -0.972. The third-order valence-corrected chi connectivity index (χ3v) is 3.72. The maximum absolute atomic E-state index is 12.2. The van der Waals surface area contributed by atoms with E-state index in [1.165, 1.54) is 4.90 Å². The van der Waals surface area contributed by atoms with Crippen LogP contribution in [0.2, 0.25) is 0 Å². The van der Waals surface area contributed by atoms with Gasteiger partial charge in [-0.25, -0.2) is 0 Å². The van der Waals surface area contributed by atoms with Crippen molar-refractivity contribution in [3.63, 3.8) is 0 Å². The fourth-order valence-electron chi connectivity index (χ4n) is 2.59.